The van der Waals surface area contributed by atoms with Gasteiger partial charge in [0.15, 0.2) is 0 Å². The minimum absolute atomic E-state index is 0.214. The van der Waals surface area contributed by atoms with Crippen LogP contribution < -0.4 is 0 Å². The Morgan fingerprint density at radius 1 is 1.25 bits per heavy atom. The fourth-order valence-corrected chi connectivity index (χ4v) is 3.57. The smallest absolute Gasteiger partial charge is 0.123 e. The highest BCUT2D eigenvalue weighted by Gasteiger charge is 2.64. The van der Waals surface area contributed by atoms with Crippen LogP contribution >= 0.6 is 0 Å². The van der Waals surface area contributed by atoms with Crippen molar-refractivity contribution in [2.24, 2.45) is 11.8 Å². The van der Waals surface area contributed by atoms with Crippen LogP contribution in [-0.4, -0.2) is 5.11 Å². The van der Waals surface area contributed by atoms with Crippen molar-refractivity contribution in [2.75, 3.05) is 0 Å². The van der Waals surface area contributed by atoms with Gasteiger partial charge < -0.3 is 5.11 Å². The van der Waals surface area contributed by atoms with Gasteiger partial charge in [0, 0.05) is 0 Å². The lowest BCUT2D eigenvalue weighted by molar-refractivity contribution is 0.117. The number of fused-ring (bicyclic) bond motifs is 1. The number of aliphatic hydroxyl groups is 1. The van der Waals surface area contributed by atoms with Crippen LogP contribution in [0, 0.1) is 24.6 Å². The van der Waals surface area contributed by atoms with E-state index in [1.54, 1.807) is 6.07 Å². The maximum absolute atomic E-state index is 13.0. The molecule has 2 aliphatic carbocycles. The van der Waals surface area contributed by atoms with Crippen molar-refractivity contribution in [3.63, 3.8) is 0 Å². The monoisotopic (exact) mass is 220 g/mol. The molecule has 2 saturated carbocycles. The molecule has 0 saturated heterocycles. The van der Waals surface area contributed by atoms with Gasteiger partial charge in [0.2, 0.25) is 0 Å². The minimum Gasteiger partial charge on any atom is -0.385 e. The van der Waals surface area contributed by atoms with Gasteiger partial charge in [0.25, 0.3) is 0 Å². The quantitative estimate of drug-likeness (QED) is 0.771. The second-order valence-electron chi connectivity index (χ2n) is 5.28. The van der Waals surface area contributed by atoms with Gasteiger partial charge in [0.05, 0.1) is 5.60 Å². The van der Waals surface area contributed by atoms with Gasteiger partial charge in [0.1, 0.15) is 5.82 Å². The molecule has 16 heavy (non-hydrogen) atoms. The molecule has 0 aliphatic heterocycles. The highest BCUT2D eigenvalue weighted by molar-refractivity contribution is 5.39. The molecule has 1 aromatic rings. The lowest BCUT2D eigenvalue weighted by Gasteiger charge is -2.14. The van der Waals surface area contributed by atoms with Crippen LogP contribution in [0.4, 0.5) is 4.39 Å². The zero-order chi connectivity index (χ0) is 11.3. The van der Waals surface area contributed by atoms with E-state index in [0.717, 1.165) is 24.0 Å². The fourth-order valence-electron chi connectivity index (χ4n) is 3.57. The summed E-state index contributed by atoms with van der Waals surface area (Å²) in [4.78, 5) is 0. The number of aryl methyl sites for hydroxylation is 1. The van der Waals surface area contributed by atoms with Crippen molar-refractivity contribution >= 4 is 0 Å². The highest BCUT2D eigenvalue weighted by Crippen LogP contribution is 2.64. The molecule has 2 aliphatic rings. The summed E-state index contributed by atoms with van der Waals surface area (Å²) >= 11 is 0. The summed E-state index contributed by atoms with van der Waals surface area (Å²) < 4.78 is 13.0. The zero-order valence-electron chi connectivity index (χ0n) is 9.54. The zero-order valence-corrected chi connectivity index (χ0v) is 9.54. The van der Waals surface area contributed by atoms with Gasteiger partial charge in [-0.15, -0.1) is 0 Å². The Morgan fingerprint density at radius 3 is 2.44 bits per heavy atom. The molecular formula is C14H17FO. The molecule has 2 unspecified atom stereocenters. The van der Waals surface area contributed by atoms with E-state index in [4.69, 9.17) is 0 Å². The Labute approximate surface area is 95.3 Å². The van der Waals surface area contributed by atoms with Gasteiger partial charge in [-0.1, -0.05) is 18.9 Å². The van der Waals surface area contributed by atoms with Crippen LogP contribution in [0.1, 0.15) is 36.8 Å². The van der Waals surface area contributed by atoms with E-state index >= 15 is 0 Å². The van der Waals surface area contributed by atoms with Crippen LogP contribution in [0.15, 0.2) is 18.2 Å². The van der Waals surface area contributed by atoms with Gasteiger partial charge in [-0.05, 0) is 54.9 Å². The summed E-state index contributed by atoms with van der Waals surface area (Å²) in [7, 11) is 0. The van der Waals surface area contributed by atoms with Gasteiger partial charge in [-0.3, -0.25) is 0 Å². The third-order valence-electron chi connectivity index (χ3n) is 4.41. The van der Waals surface area contributed by atoms with Gasteiger partial charge in [-0.25, -0.2) is 4.39 Å². The third-order valence-corrected chi connectivity index (χ3v) is 4.41. The summed E-state index contributed by atoms with van der Waals surface area (Å²) in [6.07, 6.45) is 4.70. The topological polar surface area (TPSA) is 20.2 Å². The number of halogens is 1. The SMILES string of the molecule is Cc1cc(F)ccc1C1(O)C2CCCCC21. The van der Waals surface area contributed by atoms with Crippen LogP contribution in [0.3, 0.4) is 0 Å². The van der Waals surface area contributed by atoms with Crippen molar-refractivity contribution in [1.82, 2.24) is 0 Å². The predicted octanol–water partition coefficient (Wildman–Crippen LogP) is 3.14. The van der Waals surface area contributed by atoms with Crippen LogP contribution in [-0.2, 0) is 5.60 Å². The van der Waals surface area contributed by atoms with Crippen molar-refractivity contribution < 1.29 is 9.50 Å². The molecule has 1 N–H and O–H groups in total. The van der Waals surface area contributed by atoms with E-state index in [2.05, 4.69) is 0 Å². The molecule has 0 heterocycles. The normalized spacial score (nSPS) is 36.9. The fraction of sp³-hybridized carbons (Fsp3) is 0.571. The van der Waals surface area contributed by atoms with Crippen LogP contribution in [0.2, 0.25) is 0 Å². The van der Waals surface area contributed by atoms with Crippen LogP contribution in [0.5, 0.6) is 0 Å². The van der Waals surface area contributed by atoms with Crippen molar-refractivity contribution in [3.05, 3.63) is 35.1 Å². The Bertz CT molecular complexity index is 415. The summed E-state index contributed by atoms with van der Waals surface area (Å²) in [6, 6.07) is 4.76. The molecule has 0 spiro atoms. The van der Waals surface area contributed by atoms with Crippen LogP contribution in [0.25, 0.3) is 0 Å². The molecule has 1 nitrogen and oxygen atoms in total. The second kappa shape index (κ2) is 3.30. The van der Waals surface area contributed by atoms with Gasteiger partial charge >= 0.3 is 0 Å². The molecule has 3 rings (SSSR count). The molecule has 0 amide bonds. The second-order valence-corrected chi connectivity index (χ2v) is 5.28. The molecule has 1 aromatic carbocycles. The number of hydrogen-bond acceptors (Lipinski definition) is 1. The Balaban J connectivity index is 1.98. The lowest BCUT2D eigenvalue weighted by atomic mass is 9.98. The van der Waals surface area contributed by atoms with E-state index in [0.29, 0.717) is 11.8 Å². The van der Waals surface area contributed by atoms with Gasteiger partial charge in [-0.2, -0.15) is 0 Å². The third kappa shape index (κ3) is 1.26. The molecular weight excluding hydrogens is 203 g/mol. The van der Waals surface area contributed by atoms with E-state index < -0.39 is 5.60 Å². The van der Waals surface area contributed by atoms with Crippen molar-refractivity contribution in [3.8, 4) is 0 Å². The number of benzene rings is 1. The minimum atomic E-state index is -0.645. The Kier molecular flexibility index (Phi) is 2.12. The maximum atomic E-state index is 13.0. The first-order valence-corrected chi connectivity index (χ1v) is 6.13. The summed E-state index contributed by atoms with van der Waals surface area (Å²) in [5.74, 6) is 0.629. The first-order chi connectivity index (χ1) is 7.64. The number of rotatable bonds is 1. The first kappa shape index (κ1) is 10.3. The molecule has 0 radical (unpaired) electrons. The van der Waals surface area contributed by atoms with E-state index in [1.165, 1.54) is 25.0 Å². The van der Waals surface area contributed by atoms with E-state index in [9.17, 15) is 9.50 Å². The lowest BCUT2D eigenvalue weighted by Crippen LogP contribution is -2.12. The van der Waals surface area contributed by atoms with Crippen molar-refractivity contribution in [1.29, 1.82) is 0 Å². The number of hydrogen-bond donors (Lipinski definition) is 1. The standard InChI is InChI=1S/C14H17FO/c1-9-8-10(15)6-7-11(9)14(16)12-4-2-3-5-13(12)14/h6-8,12-13,16H,2-5H2,1H3. The average molecular weight is 220 g/mol. The molecule has 2 fully saturated rings. The Hall–Kier alpha value is -0.890. The molecule has 0 aromatic heterocycles. The maximum Gasteiger partial charge on any atom is 0.123 e. The molecule has 2 atom stereocenters. The van der Waals surface area contributed by atoms with E-state index in [1.807, 2.05) is 6.92 Å². The summed E-state index contributed by atoms with van der Waals surface area (Å²) in [5, 5.41) is 10.7. The predicted molar refractivity (Wildman–Crippen MR) is 60.5 cm³/mol. The Morgan fingerprint density at radius 2 is 1.88 bits per heavy atom. The first-order valence-electron chi connectivity index (χ1n) is 6.13. The summed E-state index contributed by atoms with van der Waals surface area (Å²) in [6.45, 7) is 1.89. The molecule has 0 bridgehead atoms. The van der Waals surface area contributed by atoms with Crippen molar-refractivity contribution in [2.45, 2.75) is 38.2 Å². The summed E-state index contributed by atoms with van der Waals surface area (Å²) in [5.41, 5.74) is 1.19. The average Bonchev–Trinajstić information content (AvgIpc) is 2.86. The highest BCUT2D eigenvalue weighted by atomic mass is 19.1. The molecule has 2 heteroatoms. The largest absolute Gasteiger partial charge is 0.385 e. The van der Waals surface area contributed by atoms with E-state index in [-0.39, 0.29) is 5.82 Å². The molecule has 86 valence electrons.